The summed E-state index contributed by atoms with van der Waals surface area (Å²) < 4.78 is 37.8. The van der Waals surface area contributed by atoms with Crippen molar-refractivity contribution >= 4 is 0 Å². The molecule has 1 atom stereocenters. The predicted octanol–water partition coefficient (Wildman–Crippen LogP) is 1.92. The standard InChI is InChI=1S/C10H13F3N2/c1-15-9(6-14)7-4-2-3-5-8(7)10(11,12)13/h2-5,9,15H,6,14H2,1H3/t9-/m1/s1. The number of alkyl halides is 3. The average Bonchev–Trinajstić information content (AvgIpc) is 2.19. The van der Waals surface area contributed by atoms with Crippen LogP contribution in [-0.2, 0) is 6.18 Å². The molecule has 2 nitrogen and oxygen atoms in total. The number of hydrogen-bond donors (Lipinski definition) is 2. The van der Waals surface area contributed by atoms with Gasteiger partial charge in [0.1, 0.15) is 0 Å². The van der Waals surface area contributed by atoms with Crippen molar-refractivity contribution in [2.45, 2.75) is 12.2 Å². The maximum Gasteiger partial charge on any atom is 0.416 e. The van der Waals surface area contributed by atoms with E-state index in [2.05, 4.69) is 5.32 Å². The second kappa shape index (κ2) is 4.63. The van der Waals surface area contributed by atoms with Gasteiger partial charge in [-0.15, -0.1) is 0 Å². The van der Waals surface area contributed by atoms with Gasteiger partial charge in [0.05, 0.1) is 5.56 Å². The van der Waals surface area contributed by atoms with Crippen LogP contribution in [0.2, 0.25) is 0 Å². The quantitative estimate of drug-likeness (QED) is 0.813. The minimum atomic E-state index is -4.33. The number of rotatable bonds is 3. The van der Waals surface area contributed by atoms with Crippen molar-refractivity contribution in [2.75, 3.05) is 13.6 Å². The highest BCUT2D eigenvalue weighted by molar-refractivity contribution is 5.32. The maximum atomic E-state index is 12.6. The van der Waals surface area contributed by atoms with Crippen LogP contribution in [0.3, 0.4) is 0 Å². The van der Waals surface area contributed by atoms with E-state index >= 15 is 0 Å². The third kappa shape index (κ3) is 2.70. The topological polar surface area (TPSA) is 38.0 Å². The maximum absolute atomic E-state index is 12.6. The van der Waals surface area contributed by atoms with Crippen LogP contribution >= 0.6 is 0 Å². The zero-order valence-electron chi connectivity index (χ0n) is 8.31. The van der Waals surface area contributed by atoms with E-state index in [9.17, 15) is 13.2 Å². The van der Waals surface area contributed by atoms with Gasteiger partial charge in [0.2, 0.25) is 0 Å². The molecular weight excluding hydrogens is 205 g/mol. The SMILES string of the molecule is CN[C@H](CN)c1ccccc1C(F)(F)F. The second-order valence-electron chi connectivity index (χ2n) is 3.16. The molecule has 0 radical (unpaired) electrons. The van der Waals surface area contributed by atoms with Crippen LogP contribution in [0.1, 0.15) is 17.2 Å². The Morgan fingerprint density at radius 1 is 1.33 bits per heavy atom. The summed E-state index contributed by atoms with van der Waals surface area (Å²) in [6, 6.07) is 4.98. The zero-order chi connectivity index (χ0) is 11.5. The van der Waals surface area contributed by atoms with E-state index in [4.69, 9.17) is 5.73 Å². The fourth-order valence-electron chi connectivity index (χ4n) is 1.46. The first kappa shape index (κ1) is 12.0. The summed E-state index contributed by atoms with van der Waals surface area (Å²) >= 11 is 0. The molecule has 0 amide bonds. The van der Waals surface area contributed by atoms with E-state index in [1.807, 2.05) is 0 Å². The summed E-state index contributed by atoms with van der Waals surface area (Å²) in [7, 11) is 1.59. The molecule has 15 heavy (non-hydrogen) atoms. The Bertz CT molecular complexity index is 319. The summed E-state index contributed by atoms with van der Waals surface area (Å²) in [5.41, 5.74) is 4.96. The first-order valence-corrected chi connectivity index (χ1v) is 4.54. The molecule has 0 spiro atoms. The first-order chi connectivity index (χ1) is 7.00. The lowest BCUT2D eigenvalue weighted by molar-refractivity contribution is -0.138. The van der Waals surface area contributed by atoms with Gasteiger partial charge in [-0.1, -0.05) is 18.2 Å². The van der Waals surface area contributed by atoms with Crippen molar-refractivity contribution in [3.05, 3.63) is 35.4 Å². The van der Waals surface area contributed by atoms with Gasteiger partial charge in [-0.05, 0) is 18.7 Å². The first-order valence-electron chi connectivity index (χ1n) is 4.54. The summed E-state index contributed by atoms with van der Waals surface area (Å²) in [5.74, 6) is 0. The third-order valence-corrected chi connectivity index (χ3v) is 2.23. The van der Waals surface area contributed by atoms with Crippen molar-refractivity contribution in [3.63, 3.8) is 0 Å². The number of nitrogens with one attached hydrogen (secondary N) is 1. The summed E-state index contributed by atoms with van der Waals surface area (Å²) in [4.78, 5) is 0. The molecule has 0 aliphatic carbocycles. The van der Waals surface area contributed by atoms with E-state index < -0.39 is 17.8 Å². The van der Waals surface area contributed by atoms with Gasteiger partial charge >= 0.3 is 6.18 Å². The molecular formula is C10H13F3N2. The number of benzene rings is 1. The molecule has 0 saturated carbocycles. The van der Waals surface area contributed by atoms with Crippen LogP contribution in [0.4, 0.5) is 13.2 Å². The van der Waals surface area contributed by atoms with Crippen LogP contribution in [0, 0.1) is 0 Å². The Kier molecular flexibility index (Phi) is 3.71. The van der Waals surface area contributed by atoms with Crippen molar-refractivity contribution in [2.24, 2.45) is 5.73 Å². The predicted molar refractivity (Wildman–Crippen MR) is 52.3 cm³/mol. The molecule has 3 N–H and O–H groups in total. The number of likely N-dealkylation sites (N-methyl/N-ethyl adjacent to an activating group) is 1. The Labute approximate surface area is 86.3 Å². The van der Waals surface area contributed by atoms with Crippen LogP contribution in [0.5, 0.6) is 0 Å². The fraction of sp³-hybridized carbons (Fsp3) is 0.400. The normalized spacial score (nSPS) is 13.9. The lowest BCUT2D eigenvalue weighted by Crippen LogP contribution is -2.27. The third-order valence-electron chi connectivity index (χ3n) is 2.23. The Balaban J connectivity index is 3.17. The van der Waals surface area contributed by atoms with Crippen molar-refractivity contribution < 1.29 is 13.2 Å². The van der Waals surface area contributed by atoms with Crippen LogP contribution in [0.25, 0.3) is 0 Å². The smallest absolute Gasteiger partial charge is 0.329 e. The van der Waals surface area contributed by atoms with Gasteiger partial charge in [0, 0.05) is 12.6 Å². The molecule has 1 aromatic carbocycles. The van der Waals surface area contributed by atoms with Gasteiger partial charge in [0.15, 0.2) is 0 Å². The highest BCUT2D eigenvalue weighted by Gasteiger charge is 2.34. The Morgan fingerprint density at radius 2 is 1.93 bits per heavy atom. The lowest BCUT2D eigenvalue weighted by atomic mass is 10.00. The summed E-state index contributed by atoms with van der Waals surface area (Å²) in [6.45, 7) is 0.129. The fourth-order valence-corrected chi connectivity index (χ4v) is 1.46. The van der Waals surface area contributed by atoms with Gasteiger partial charge in [-0.3, -0.25) is 0 Å². The zero-order valence-corrected chi connectivity index (χ0v) is 8.31. The highest BCUT2D eigenvalue weighted by Crippen LogP contribution is 2.34. The van der Waals surface area contributed by atoms with Crippen molar-refractivity contribution in [1.82, 2.24) is 5.32 Å². The number of halogens is 3. The Morgan fingerprint density at radius 3 is 2.40 bits per heavy atom. The molecule has 0 heterocycles. The molecule has 1 aromatic rings. The van der Waals surface area contributed by atoms with E-state index in [0.29, 0.717) is 0 Å². The molecule has 84 valence electrons. The number of hydrogen-bond acceptors (Lipinski definition) is 2. The monoisotopic (exact) mass is 218 g/mol. The molecule has 0 unspecified atom stereocenters. The van der Waals surface area contributed by atoms with Crippen molar-refractivity contribution in [1.29, 1.82) is 0 Å². The van der Waals surface area contributed by atoms with Gasteiger partial charge in [0.25, 0.3) is 0 Å². The van der Waals surface area contributed by atoms with Gasteiger partial charge in [-0.25, -0.2) is 0 Å². The molecule has 0 aliphatic rings. The minimum Gasteiger partial charge on any atom is -0.329 e. The highest BCUT2D eigenvalue weighted by atomic mass is 19.4. The molecule has 0 aromatic heterocycles. The van der Waals surface area contributed by atoms with Crippen LogP contribution in [0.15, 0.2) is 24.3 Å². The summed E-state index contributed by atoms with van der Waals surface area (Å²) in [5, 5.41) is 2.76. The van der Waals surface area contributed by atoms with E-state index in [0.717, 1.165) is 6.07 Å². The van der Waals surface area contributed by atoms with Crippen molar-refractivity contribution in [3.8, 4) is 0 Å². The van der Waals surface area contributed by atoms with E-state index in [-0.39, 0.29) is 12.1 Å². The van der Waals surface area contributed by atoms with E-state index in [1.54, 1.807) is 13.1 Å². The Hall–Kier alpha value is -1.07. The second-order valence-corrected chi connectivity index (χ2v) is 3.16. The van der Waals surface area contributed by atoms with Crippen LogP contribution < -0.4 is 11.1 Å². The number of nitrogens with two attached hydrogens (primary N) is 1. The molecule has 0 fully saturated rings. The molecule has 5 heteroatoms. The molecule has 0 aliphatic heterocycles. The molecule has 1 rings (SSSR count). The molecule has 0 bridgehead atoms. The van der Waals surface area contributed by atoms with Crippen LogP contribution in [-0.4, -0.2) is 13.6 Å². The van der Waals surface area contributed by atoms with Gasteiger partial charge in [-0.2, -0.15) is 13.2 Å². The lowest BCUT2D eigenvalue weighted by Gasteiger charge is -2.19. The summed E-state index contributed by atoms with van der Waals surface area (Å²) in [6.07, 6.45) is -4.33. The molecule has 0 saturated heterocycles. The van der Waals surface area contributed by atoms with E-state index in [1.165, 1.54) is 12.1 Å². The average molecular weight is 218 g/mol. The largest absolute Gasteiger partial charge is 0.416 e. The van der Waals surface area contributed by atoms with Gasteiger partial charge < -0.3 is 11.1 Å². The minimum absolute atomic E-state index is 0.129.